The van der Waals surface area contributed by atoms with Crippen molar-refractivity contribution >= 4 is 5.69 Å². The molecule has 4 heteroatoms. The van der Waals surface area contributed by atoms with Crippen LogP contribution in [0.4, 0.5) is 5.69 Å². The Morgan fingerprint density at radius 3 is 2.84 bits per heavy atom. The molecule has 1 fully saturated rings. The molecule has 1 aliphatic carbocycles. The van der Waals surface area contributed by atoms with Gasteiger partial charge in [-0.15, -0.1) is 0 Å². The van der Waals surface area contributed by atoms with Crippen LogP contribution < -0.4 is 10.1 Å². The molecule has 0 spiro atoms. The maximum absolute atomic E-state index is 5.32. The van der Waals surface area contributed by atoms with Gasteiger partial charge in [0.05, 0.1) is 19.0 Å². The molecule has 4 nitrogen and oxygen atoms in total. The zero-order valence-corrected chi connectivity index (χ0v) is 12.3. The van der Waals surface area contributed by atoms with E-state index in [1.165, 1.54) is 25.7 Å². The van der Waals surface area contributed by atoms with Crippen molar-refractivity contribution in [1.82, 2.24) is 9.88 Å². The molecule has 1 aromatic heterocycles. The Balaban J connectivity index is 1.83. The third kappa shape index (κ3) is 3.83. The fraction of sp³-hybridized carbons (Fsp3) is 0.667. The minimum Gasteiger partial charge on any atom is -0.493 e. The Labute approximate surface area is 116 Å². The maximum Gasteiger partial charge on any atom is 0.160 e. The number of aryl methyl sites for hydroxylation is 1. The largest absolute Gasteiger partial charge is 0.493 e. The Bertz CT molecular complexity index is 402. The molecule has 19 heavy (non-hydrogen) atoms. The molecule has 1 aromatic rings. The highest BCUT2D eigenvalue weighted by Gasteiger charge is 2.18. The summed E-state index contributed by atoms with van der Waals surface area (Å²) in [7, 11) is 3.91. The van der Waals surface area contributed by atoms with Crippen molar-refractivity contribution in [1.29, 1.82) is 0 Å². The molecule has 1 aliphatic rings. The summed E-state index contributed by atoms with van der Waals surface area (Å²) in [6.07, 6.45) is 7.26. The lowest BCUT2D eigenvalue weighted by Gasteiger charge is -2.24. The van der Waals surface area contributed by atoms with Crippen molar-refractivity contribution in [3.05, 3.63) is 18.0 Å². The number of nitrogens with zero attached hydrogens (tertiary/aromatic N) is 2. The molecule has 0 saturated heterocycles. The van der Waals surface area contributed by atoms with Crippen LogP contribution in [-0.4, -0.2) is 43.2 Å². The maximum atomic E-state index is 5.32. The molecule has 0 aliphatic heterocycles. The predicted octanol–water partition coefficient (Wildman–Crippen LogP) is 2.68. The van der Waals surface area contributed by atoms with Crippen molar-refractivity contribution in [3.8, 4) is 5.75 Å². The van der Waals surface area contributed by atoms with Crippen molar-refractivity contribution < 1.29 is 4.74 Å². The average molecular weight is 263 g/mol. The number of nitrogens with one attached hydrogen (secondary N) is 1. The number of ether oxygens (including phenoxy) is 1. The van der Waals surface area contributed by atoms with Crippen molar-refractivity contribution in [2.75, 3.05) is 32.6 Å². The summed E-state index contributed by atoms with van der Waals surface area (Å²) >= 11 is 0. The lowest BCUT2D eigenvalue weighted by molar-refractivity contribution is 0.254. The number of anilines is 1. The number of pyridine rings is 1. The van der Waals surface area contributed by atoms with E-state index in [0.29, 0.717) is 0 Å². The molecule has 1 heterocycles. The Kier molecular flexibility index (Phi) is 5.02. The van der Waals surface area contributed by atoms with E-state index in [-0.39, 0.29) is 0 Å². The molecule has 1 saturated carbocycles. The second-order valence-corrected chi connectivity index (χ2v) is 5.37. The summed E-state index contributed by atoms with van der Waals surface area (Å²) in [5.41, 5.74) is 2.04. The van der Waals surface area contributed by atoms with Crippen LogP contribution in [0.25, 0.3) is 0 Å². The SMILES string of the molecule is COc1cnc(C)cc1NCCN(C)C1CCCC1. The minimum atomic E-state index is 0.780. The lowest BCUT2D eigenvalue weighted by Crippen LogP contribution is -2.33. The van der Waals surface area contributed by atoms with Gasteiger partial charge in [-0.25, -0.2) is 0 Å². The first kappa shape index (κ1) is 14.1. The first-order chi connectivity index (χ1) is 9.20. The number of aromatic nitrogens is 1. The molecule has 2 rings (SSSR count). The highest BCUT2D eigenvalue weighted by molar-refractivity contribution is 5.55. The van der Waals surface area contributed by atoms with Gasteiger partial charge in [-0.1, -0.05) is 12.8 Å². The van der Waals surface area contributed by atoms with Crippen LogP contribution in [-0.2, 0) is 0 Å². The van der Waals surface area contributed by atoms with Crippen LogP contribution >= 0.6 is 0 Å². The molecule has 0 amide bonds. The molecular weight excluding hydrogens is 238 g/mol. The molecular formula is C15H25N3O. The van der Waals surface area contributed by atoms with Gasteiger partial charge < -0.3 is 15.0 Å². The minimum absolute atomic E-state index is 0.780. The molecule has 1 N–H and O–H groups in total. The standard InChI is InChI=1S/C15H25N3O/c1-12-10-14(15(19-3)11-17-12)16-8-9-18(2)13-6-4-5-7-13/h10-11,13H,4-9H2,1-3H3,(H,16,17). The molecule has 0 radical (unpaired) electrons. The van der Waals surface area contributed by atoms with Gasteiger partial charge in [0.1, 0.15) is 0 Å². The fourth-order valence-electron chi connectivity index (χ4n) is 2.74. The predicted molar refractivity (Wildman–Crippen MR) is 78.9 cm³/mol. The van der Waals surface area contributed by atoms with Gasteiger partial charge in [-0.2, -0.15) is 0 Å². The first-order valence-electron chi connectivity index (χ1n) is 7.15. The third-order valence-electron chi connectivity index (χ3n) is 3.95. The summed E-state index contributed by atoms with van der Waals surface area (Å²) in [6, 6.07) is 2.82. The number of likely N-dealkylation sites (N-methyl/N-ethyl adjacent to an activating group) is 1. The molecule has 106 valence electrons. The van der Waals surface area contributed by atoms with E-state index in [9.17, 15) is 0 Å². The van der Waals surface area contributed by atoms with Crippen molar-refractivity contribution in [2.45, 2.75) is 38.6 Å². The Morgan fingerprint density at radius 2 is 2.16 bits per heavy atom. The number of rotatable bonds is 6. The summed E-state index contributed by atoms with van der Waals surface area (Å²) in [5, 5.41) is 3.45. The zero-order valence-electron chi connectivity index (χ0n) is 12.3. The van der Waals surface area contributed by atoms with Crippen LogP contribution in [0.2, 0.25) is 0 Å². The van der Waals surface area contributed by atoms with Crippen LogP contribution in [0.3, 0.4) is 0 Å². The van der Waals surface area contributed by atoms with Gasteiger partial charge in [-0.05, 0) is 32.9 Å². The Morgan fingerprint density at radius 1 is 1.42 bits per heavy atom. The van der Waals surface area contributed by atoms with Gasteiger partial charge in [-0.3, -0.25) is 4.98 Å². The second kappa shape index (κ2) is 6.75. The van der Waals surface area contributed by atoms with E-state index < -0.39 is 0 Å². The average Bonchev–Trinajstić information content (AvgIpc) is 2.93. The summed E-state index contributed by atoms with van der Waals surface area (Å²) in [6.45, 7) is 4.00. The van der Waals surface area contributed by atoms with Crippen LogP contribution in [0, 0.1) is 6.92 Å². The molecule has 0 unspecified atom stereocenters. The number of hydrogen-bond donors (Lipinski definition) is 1. The van der Waals surface area contributed by atoms with Gasteiger partial charge in [0.15, 0.2) is 5.75 Å². The van der Waals surface area contributed by atoms with E-state index >= 15 is 0 Å². The van der Waals surface area contributed by atoms with E-state index in [1.807, 2.05) is 13.0 Å². The van der Waals surface area contributed by atoms with Gasteiger partial charge in [0, 0.05) is 24.8 Å². The summed E-state index contributed by atoms with van der Waals surface area (Å²) in [5.74, 6) is 0.814. The van der Waals surface area contributed by atoms with Crippen molar-refractivity contribution in [3.63, 3.8) is 0 Å². The molecule has 0 bridgehead atoms. The fourth-order valence-corrected chi connectivity index (χ4v) is 2.74. The summed E-state index contributed by atoms with van der Waals surface area (Å²) in [4.78, 5) is 6.71. The van der Waals surface area contributed by atoms with E-state index in [2.05, 4.69) is 22.2 Å². The van der Waals surface area contributed by atoms with E-state index in [4.69, 9.17) is 4.74 Å². The van der Waals surface area contributed by atoms with Crippen LogP contribution in [0.15, 0.2) is 12.3 Å². The Hall–Kier alpha value is -1.29. The van der Waals surface area contributed by atoms with E-state index in [0.717, 1.165) is 36.3 Å². The van der Waals surface area contributed by atoms with Gasteiger partial charge >= 0.3 is 0 Å². The highest BCUT2D eigenvalue weighted by Crippen LogP contribution is 2.24. The highest BCUT2D eigenvalue weighted by atomic mass is 16.5. The summed E-state index contributed by atoms with van der Waals surface area (Å²) < 4.78 is 5.32. The number of hydrogen-bond acceptors (Lipinski definition) is 4. The van der Waals surface area contributed by atoms with Crippen LogP contribution in [0.1, 0.15) is 31.4 Å². The molecule has 0 atom stereocenters. The quantitative estimate of drug-likeness (QED) is 0.856. The van der Waals surface area contributed by atoms with Crippen LogP contribution in [0.5, 0.6) is 5.75 Å². The second-order valence-electron chi connectivity index (χ2n) is 5.37. The third-order valence-corrected chi connectivity index (χ3v) is 3.95. The van der Waals surface area contributed by atoms with Crippen molar-refractivity contribution in [2.24, 2.45) is 0 Å². The zero-order chi connectivity index (χ0) is 13.7. The normalized spacial score (nSPS) is 16.0. The van der Waals surface area contributed by atoms with Gasteiger partial charge in [0.25, 0.3) is 0 Å². The van der Waals surface area contributed by atoms with Gasteiger partial charge in [0.2, 0.25) is 0 Å². The topological polar surface area (TPSA) is 37.4 Å². The number of methoxy groups -OCH3 is 1. The first-order valence-corrected chi connectivity index (χ1v) is 7.15. The lowest BCUT2D eigenvalue weighted by atomic mass is 10.2. The van der Waals surface area contributed by atoms with E-state index in [1.54, 1.807) is 13.3 Å². The smallest absolute Gasteiger partial charge is 0.160 e. The molecule has 0 aromatic carbocycles. The monoisotopic (exact) mass is 263 g/mol.